The molecule has 234 valence electrons. The topological polar surface area (TPSA) is 161 Å². The number of piperidine rings is 1. The lowest BCUT2D eigenvalue weighted by molar-refractivity contribution is -0.157. The van der Waals surface area contributed by atoms with Crippen molar-refractivity contribution in [2.45, 2.75) is 45.6 Å². The summed E-state index contributed by atoms with van der Waals surface area (Å²) in [6.07, 6.45) is 2.33. The van der Waals surface area contributed by atoms with E-state index in [-0.39, 0.29) is 36.4 Å². The van der Waals surface area contributed by atoms with Gasteiger partial charge in [0.05, 0.1) is 48.9 Å². The van der Waals surface area contributed by atoms with Crippen LogP contribution in [0.3, 0.4) is 0 Å². The Labute approximate surface area is 254 Å². The Morgan fingerprint density at radius 3 is 2.93 bits per heavy atom. The zero-order chi connectivity index (χ0) is 31.1. The molecule has 6 rings (SSSR count). The third kappa shape index (κ3) is 5.69. The zero-order valence-electron chi connectivity index (χ0n) is 24.9. The van der Waals surface area contributed by atoms with Gasteiger partial charge in [0, 0.05) is 47.6 Å². The molecule has 0 bridgehead atoms. The Balaban J connectivity index is 1.31. The predicted octanol–water partition coefficient (Wildman–Crippen LogP) is 1.34. The molecule has 0 amide bonds. The second-order valence-electron chi connectivity index (χ2n) is 11.9. The summed E-state index contributed by atoms with van der Waals surface area (Å²) in [7, 11) is 1.86. The van der Waals surface area contributed by atoms with Crippen LogP contribution >= 0.6 is 0 Å². The number of fused-ring (bicyclic) bond motifs is 5. The lowest BCUT2D eigenvalue weighted by atomic mass is 9.97. The lowest BCUT2D eigenvalue weighted by Crippen LogP contribution is -2.40. The van der Waals surface area contributed by atoms with Gasteiger partial charge in [-0.25, -0.2) is 20.0 Å². The van der Waals surface area contributed by atoms with Crippen LogP contribution in [0.1, 0.15) is 46.8 Å². The normalized spacial score (nSPS) is 19.9. The highest BCUT2D eigenvalue weighted by atomic mass is 19.1. The fourth-order valence-corrected chi connectivity index (χ4v) is 6.52. The highest BCUT2D eigenvalue weighted by Gasteiger charge is 2.35. The number of pyridine rings is 2. The van der Waals surface area contributed by atoms with Gasteiger partial charge in [0.25, 0.3) is 5.56 Å². The van der Waals surface area contributed by atoms with Crippen LogP contribution in [0.5, 0.6) is 0 Å². The van der Waals surface area contributed by atoms with Crippen molar-refractivity contribution >= 4 is 16.9 Å². The van der Waals surface area contributed by atoms with Gasteiger partial charge < -0.3 is 29.9 Å². The minimum Gasteiger partial charge on any atom is -0.458 e. The van der Waals surface area contributed by atoms with Crippen molar-refractivity contribution in [2.24, 2.45) is 17.5 Å². The zero-order valence-corrected chi connectivity index (χ0v) is 24.9. The van der Waals surface area contributed by atoms with Crippen LogP contribution in [0.2, 0.25) is 0 Å². The minimum atomic E-state index is -1.56. The maximum Gasteiger partial charge on any atom is 0.340 e. The number of aliphatic hydroxyl groups is 1. The number of rotatable bonds is 9. The van der Waals surface area contributed by atoms with E-state index in [4.69, 9.17) is 26.0 Å². The molecule has 1 saturated heterocycles. The first kappa shape index (κ1) is 30.2. The van der Waals surface area contributed by atoms with Gasteiger partial charge in [-0.1, -0.05) is 0 Å². The van der Waals surface area contributed by atoms with Crippen molar-refractivity contribution in [2.75, 3.05) is 40.0 Å². The van der Waals surface area contributed by atoms with Gasteiger partial charge in [-0.15, -0.1) is 0 Å². The number of aliphatic hydroxyl groups excluding tert-OH is 1. The highest BCUT2D eigenvalue weighted by molar-refractivity contribution is 5.89. The molecular weight excluding hydrogens is 569 g/mol. The Morgan fingerprint density at radius 2 is 2.14 bits per heavy atom. The number of ether oxygens (including phenoxy) is 2. The number of halogens is 1. The first-order valence-electron chi connectivity index (χ1n) is 14.8. The third-order valence-electron chi connectivity index (χ3n) is 8.64. The second-order valence-corrected chi connectivity index (χ2v) is 11.9. The Kier molecular flexibility index (Phi) is 8.40. The van der Waals surface area contributed by atoms with Crippen molar-refractivity contribution in [1.29, 1.82) is 0 Å². The minimum absolute atomic E-state index is 0.202. The van der Waals surface area contributed by atoms with E-state index in [1.54, 1.807) is 29.8 Å². The molecule has 2 aromatic heterocycles. The van der Waals surface area contributed by atoms with Crippen molar-refractivity contribution < 1.29 is 23.8 Å². The van der Waals surface area contributed by atoms with E-state index >= 15 is 0 Å². The van der Waals surface area contributed by atoms with Gasteiger partial charge in [0.1, 0.15) is 12.4 Å². The maximum atomic E-state index is 14.7. The Bertz CT molecular complexity index is 1710. The van der Waals surface area contributed by atoms with Crippen LogP contribution in [-0.2, 0) is 34.0 Å². The molecule has 6 N–H and O–H groups in total. The van der Waals surface area contributed by atoms with E-state index in [0.29, 0.717) is 54.0 Å². The summed E-state index contributed by atoms with van der Waals surface area (Å²) >= 11 is 0. The van der Waals surface area contributed by atoms with E-state index in [1.807, 2.05) is 7.05 Å². The fourth-order valence-electron chi connectivity index (χ4n) is 6.52. The number of hydrogen-bond acceptors (Lipinski definition) is 11. The lowest BCUT2D eigenvalue weighted by Gasteiger charge is -2.32. The van der Waals surface area contributed by atoms with Gasteiger partial charge >= 0.3 is 5.97 Å². The van der Waals surface area contributed by atoms with E-state index in [2.05, 4.69) is 10.2 Å². The van der Waals surface area contributed by atoms with Crippen molar-refractivity contribution in [1.82, 2.24) is 24.8 Å². The molecule has 1 fully saturated rings. The van der Waals surface area contributed by atoms with Gasteiger partial charge in [-0.2, -0.15) is 0 Å². The molecule has 3 aromatic rings. The average Bonchev–Trinajstić information content (AvgIpc) is 3.35. The monoisotopic (exact) mass is 607 g/mol. The van der Waals surface area contributed by atoms with Crippen LogP contribution in [0.15, 0.2) is 34.9 Å². The summed E-state index contributed by atoms with van der Waals surface area (Å²) in [5.74, 6) is 5.75. The number of nitrogens with one attached hydrogen (secondary N) is 1. The summed E-state index contributed by atoms with van der Waals surface area (Å²) in [4.78, 5) is 32.6. The number of carbonyl (C=O) groups excluding carboxylic acids is 1. The quantitative estimate of drug-likeness (QED) is 0.0715. The molecule has 0 aliphatic carbocycles. The summed E-state index contributed by atoms with van der Waals surface area (Å²) in [5, 5.41) is 15.7. The van der Waals surface area contributed by atoms with Crippen LogP contribution in [-0.4, -0.2) is 70.6 Å². The number of nitrogens with zero attached hydrogens (tertiary/aromatic N) is 4. The second kappa shape index (κ2) is 12.3. The number of esters is 1. The maximum absolute atomic E-state index is 14.7. The third-order valence-corrected chi connectivity index (χ3v) is 8.64. The number of cyclic esters (lactones) is 1. The summed E-state index contributed by atoms with van der Waals surface area (Å²) in [6.45, 7) is 5.51. The molecule has 44 heavy (non-hydrogen) atoms. The number of hydrazine groups is 1. The fraction of sp³-hybridized carbons (Fsp3) is 0.452. The number of hydrogen-bond donors (Lipinski definition) is 4. The molecule has 3 aliphatic heterocycles. The molecule has 1 aromatic carbocycles. The molecule has 2 atom stereocenters. The van der Waals surface area contributed by atoms with Gasteiger partial charge in [-0.05, 0) is 62.5 Å². The SMILES string of the molecule is CNCOCC1CCCN(C/C(N)=C/N(N)Cc2c3c(nc4cc(F)c(C)cc24)-c2cc4c(c(=O)n2C3)COC(=O)C4O)C1. The molecule has 3 aliphatic rings. The van der Waals surface area contributed by atoms with Crippen molar-refractivity contribution in [3.63, 3.8) is 0 Å². The molecule has 0 saturated carbocycles. The predicted molar refractivity (Wildman–Crippen MR) is 161 cm³/mol. The summed E-state index contributed by atoms with van der Waals surface area (Å²) < 4.78 is 26.9. The molecule has 13 heteroatoms. The van der Waals surface area contributed by atoms with Crippen LogP contribution in [0.25, 0.3) is 22.3 Å². The average molecular weight is 608 g/mol. The van der Waals surface area contributed by atoms with E-state index in [0.717, 1.165) is 42.4 Å². The van der Waals surface area contributed by atoms with Crippen LogP contribution in [0.4, 0.5) is 4.39 Å². The Hall–Kier alpha value is -3.88. The molecule has 0 spiro atoms. The van der Waals surface area contributed by atoms with Crippen LogP contribution in [0, 0.1) is 18.7 Å². The summed E-state index contributed by atoms with van der Waals surface area (Å²) in [6, 6.07) is 4.72. The Morgan fingerprint density at radius 1 is 1.32 bits per heavy atom. The number of benzene rings is 1. The van der Waals surface area contributed by atoms with E-state index in [1.165, 1.54) is 11.1 Å². The van der Waals surface area contributed by atoms with Crippen LogP contribution < -0.4 is 22.5 Å². The van der Waals surface area contributed by atoms with E-state index in [9.17, 15) is 19.1 Å². The summed E-state index contributed by atoms with van der Waals surface area (Å²) in [5.41, 5.74) is 10.5. The smallest absolute Gasteiger partial charge is 0.340 e. The molecule has 2 unspecified atom stereocenters. The molecule has 0 radical (unpaired) electrons. The largest absolute Gasteiger partial charge is 0.458 e. The number of aryl methyl sites for hydroxylation is 1. The number of likely N-dealkylation sites (tertiary alicyclic amines) is 1. The highest BCUT2D eigenvalue weighted by Crippen LogP contribution is 2.38. The number of carbonyl (C=O) groups is 1. The molecule has 12 nitrogen and oxygen atoms in total. The van der Waals surface area contributed by atoms with Crippen molar-refractivity contribution in [3.05, 3.63) is 74.1 Å². The van der Waals surface area contributed by atoms with Gasteiger partial charge in [-0.3, -0.25) is 15.0 Å². The number of aromatic nitrogens is 2. The molecular formula is C31H38FN7O5. The molecule has 5 heterocycles. The standard InChI is InChI=1S/C31H38FN7O5/c1-17-6-20-22(12-38(34)11-19(33)10-37-5-3-4-18(9-37)14-43-16-35-2)23-13-39-27(28(23)36-26(20)8-25(17)32)7-21-24(30(39)41)15-44-31(42)29(21)40/h6-8,11,18,29,35,40H,3-5,9-10,12-16,33-34H2,1-2H3/b19-11-. The van der Waals surface area contributed by atoms with E-state index < -0.39 is 17.9 Å². The van der Waals surface area contributed by atoms with Crippen molar-refractivity contribution in [3.8, 4) is 11.4 Å². The van der Waals surface area contributed by atoms with Gasteiger partial charge in [0.2, 0.25) is 0 Å². The first-order valence-corrected chi connectivity index (χ1v) is 14.8. The first-order chi connectivity index (χ1) is 21.1. The van der Waals surface area contributed by atoms with Gasteiger partial charge in [0.15, 0.2) is 6.10 Å². The number of nitrogens with two attached hydrogens (primary N) is 2.